The molecule has 1 heterocycles. The van der Waals surface area contributed by atoms with E-state index in [4.69, 9.17) is 9.73 Å². The molecule has 5 nitrogen and oxygen atoms in total. The van der Waals surface area contributed by atoms with Crippen molar-refractivity contribution in [3.63, 3.8) is 0 Å². The van der Waals surface area contributed by atoms with Crippen LogP contribution in [0.4, 0.5) is 0 Å². The number of hydrogen-bond donors (Lipinski definition) is 2. The molecule has 1 saturated heterocycles. The van der Waals surface area contributed by atoms with E-state index in [0.29, 0.717) is 6.04 Å². The molecule has 5 heteroatoms. The molecule has 0 amide bonds. The Labute approximate surface area is 140 Å². The highest BCUT2D eigenvalue weighted by Crippen LogP contribution is 2.27. The Bertz CT molecular complexity index is 490. The molecule has 1 unspecified atom stereocenters. The number of hydrogen-bond acceptors (Lipinski definition) is 3. The van der Waals surface area contributed by atoms with Crippen LogP contribution in [-0.2, 0) is 0 Å². The van der Waals surface area contributed by atoms with Crippen molar-refractivity contribution in [3.05, 3.63) is 29.8 Å². The van der Waals surface area contributed by atoms with Crippen molar-refractivity contribution in [1.29, 1.82) is 0 Å². The zero-order chi connectivity index (χ0) is 16.5. The zero-order valence-electron chi connectivity index (χ0n) is 14.6. The quantitative estimate of drug-likeness (QED) is 0.599. The zero-order valence-corrected chi connectivity index (χ0v) is 14.6. The second-order valence-corrected chi connectivity index (χ2v) is 5.79. The smallest absolute Gasteiger partial charge is 0.191 e. The fraction of sp³-hybridized carbons (Fsp3) is 0.611. The average molecular weight is 318 g/mol. The van der Waals surface area contributed by atoms with Crippen molar-refractivity contribution in [2.24, 2.45) is 4.99 Å². The van der Waals surface area contributed by atoms with Gasteiger partial charge in [0, 0.05) is 13.1 Å². The summed E-state index contributed by atoms with van der Waals surface area (Å²) in [7, 11) is 1.72. The van der Waals surface area contributed by atoms with Crippen molar-refractivity contribution in [2.45, 2.75) is 32.7 Å². The van der Waals surface area contributed by atoms with Gasteiger partial charge in [0.2, 0.25) is 0 Å². The van der Waals surface area contributed by atoms with Gasteiger partial charge in [0.25, 0.3) is 0 Å². The second kappa shape index (κ2) is 9.40. The standard InChI is InChI=1S/C18H30N4O/c1-4-19-18(20-5-2)21-14-17(22-11-6-7-12-22)15-9-8-10-16(13-15)23-3/h8-10,13,17H,4-7,11-12,14H2,1-3H3,(H2,19,20,21). The number of benzene rings is 1. The lowest BCUT2D eigenvalue weighted by Crippen LogP contribution is -2.38. The van der Waals surface area contributed by atoms with Crippen LogP contribution in [0.2, 0.25) is 0 Å². The lowest BCUT2D eigenvalue weighted by atomic mass is 10.1. The van der Waals surface area contributed by atoms with Gasteiger partial charge in [-0.3, -0.25) is 9.89 Å². The molecule has 0 aliphatic carbocycles. The summed E-state index contributed by atoms with van der Waals surface area (Å²) in [6.45, 7) is 8.98. The minimum absolute atomic E-state index is 0.305. The van der Waals surface area contributed by atoms with Crippen LogP contribution >= 0.6 is 0 Å². The maximum Gasteiger partial charge on any atom is 0.191 e. The average Bonchev–Trinajstić information content (AvgIpc) is 3.10. The van der Waals surface area contributed by atoms with E-state index in [9.17, 15) is 0 Å². The fourth-order valence-electron chi connectivity index (χ4n) is 3.02. The Morgan fingerprint density at radius 2 is 1.91 bits per heavy atom. The van der Waals surface area contributed by atoms with Crippen LogP contribution in [0.15, 0.2) is 29.3 Å². The molecule has 0 bridgehead atoms. The SMILES string of the molecule is CCNC(=NCC(c1cccc(OC)c1)N1CCCC1)NCC. The summed E-state index contributed by atoms with van der Waals surface area (Å²) in [6.07, 6.45) is 2.55. The maximum atomic E-state index is 5.39. The summed E-state index contributed by atoms with van der Waals surface area (Å²) in [6, 6.07) is 8.69. The van der Waals surface area contributed by atoms with Gasteiger partial charge in [-0.05, 0) is 57.5 Å². The van der Waals surface area contributed by atoms with E-state index in [2.05, 4.69) is 47.6 Å². The van der Waals surface area contributed by atoms with Crippen molar-refractivity contribution in [2.75, 3.05) is 39.8 Å². The van der Waals surface area contributed by atoms with Crippen LogP contribution in [0.3, 0.4) is 0 Å². The Morgan fingerprint density at radius 1 is 1.22 bits per heavy atom. The number of ether oxygens (including phenoxy) is 1. The molecule has 1 aliphatic rings. The lowest BCUT2D eigenvalue weighted by molar-refractivity contribution is 0.251. The van der Waals surface area contributed by atoms with E-state index in [1.165, 1.54) is 18.4 Å². The molecule has 1 fully saturated rings. The van der Waals surface area contributed by atoms with E-state index < -0.39 is 0 Å². The molecule has 23 heavy (non-hydrogen) atoms. The highest BCUT2D eigenvalue weighted by molar-refractivity contribution is 5.79. The topological polar surface area (TPSA) is 48.9 Å². The van der Waals surface area contributed by atoms with Gasteiger partial charge in [0.05, 0.1) is 19.7 Å². The number of rotatable bonds is 7. The van der Waals surface area contributed by atoms with Crippen LogP contribution in [0, 0.1) is 0 Å². The van der Waals surface area contributed by atoms with Gasteiger partial charge >= 0.3 is 0 Å². The predicted octanol–water partition coefficient (Wildman–Crippen LogP) is 2.41. The van der Waals surface area contributed by atoms with Crippen molar-refractivity contribution >= 4 is 5.96 Å². The number of nitrogens with zero attached hydrogens (tertiary/aromatic N) is 2. The molecule has 1 aromatic rings. The third kappa shape index (κ3) is 5.13. The van der Waals surface area contributed by atoms with Crippen molar-refractivity contribution in [3.8, 4) is 5.75 Å². The molecule has 2 rings (SSSR count). The maximum absolute atomic E-state index is 5.39. The first-order chi connectivity index (χ1) is 11.3. The Morgan fingerprint density at radius 3 is 2.52 bits per heavy atom. The van der Waals surface area contributed by atoms with E-state index in [-0.39, 0.29) is 0 Å². The van der Waals surface area contributed by atoms with Crippen molar-refractivity contribution in [1.82, 2.24) is 15.5 Å². The first kappa shape index (κ1) is 17.6. The molecule has 1 aromatic carbocycles. The Balaban J connectivity index is 2.17. The van der Waals surface area contributed by atoms with Crippen LogP contribution in [0.25, 0.3) is 0 Å². The van der Waals surface area contributed by atoms with Gasteiger partial charge < -0.3 is 15.4 Å². The monoisotopic (exact) mass is 318 g/mol. The lowest BCUT2D eigenvalue weighted by Gasteiger charge is -2.27. The summed E-state index contributed by atoms with van der Waals surface area (Å²) in [5.74, 6) is 1.80. The molecule has 128 valence electrons. The fourth-order valence-corrected chi connectivity index (χ4v) is 3.02. The molecule has 0 saturated carbocycles. The van der Waals surface area contributed by atoms with Gasteiger partial charge in [-0.1, -0.05) is 12.1 Å². The van der Waals surface area contributed by atoms with Crippen LogP contribution < -0.4 is 15.4 Å². The third-order valence-corrected chi connectivity index (χ3v) is 4.17. The largest absolute Gasteiger partial charge is 0.497 e. The number of methoxy groups -OCH3 is 1. The number of nitrogens with one attached hydrogen (secondary N) is 2. The van der Waals surface area contributed by atoms with Crippen LogP contribution in [-0.4, -0.2) is 50.7 Å². The predicted molar refractivity (Wildman–Crippen MR) is 96.2 cm³/mol. The molecule has 1 atom stereocenters. The normalized spacial score (nSPS) is 16.0. The highest BCUT2D eigenvalue weighted by Gasteiger charge is 2.23. The van der Waals surface area contributed by atoms with Gasteiger partial charge in [0.1, 0.15) is 5.75 Å². The number of aliphatic imine (C=N–C) groups is 1. The van der Waals surface area contributed by atoms with Gasteiger partial charge in [-0.25, -0.2) is 0 Å². The minimum Gasteiger partial charge on any atom is -0.497 e. The summed E-state index contributed by atoms with van der Waals surface area (Å²) < 4.78 is 5.39. The minimum atomic E-state index is 0.305. The van der Waals surface area contributed by atoms with Gasteiger partial charge in [-0.2, -0.15) is 0 Å². The third-order valence-electron chi connectivity index (χ3n) is 4.17. The van der Waals surface area contributed by atoms with Crippen molar-refractivity contribution < 1.29 is 4.74 Å². The molecule has 0 aromatic heterocycles. The Hall–Kier alpha value is -1.75. The number of likely N-dealkylation sites (tertiary alicyclic amines) is 1. The van der Waals surface area contributed by atoms with Gasteiger partial charge in [0.15, 0.2) is 5.96 Å². The molecule has 0 spiro atoms. The molecule has 2 N–H and O–H groups in total. The van der Waals surface area contributed by atoms with E-state index in [0.717, 1.165) is 44.4 Å². The number of guanidine groups is 1. The summed E-state index contributed by atoms with van der Waals surface area (Å²) in [4.78, 5) is 7.33. The summed E-state index contributed by atoms with van der Waals surface area (Å²) in [5, 5.41) is 6.60. The summed E-state index contributed by atoms with van der Waals surface area (Å²) >= 11 is 0. The molecule has 0 radical (unpaired) electrons. The van der Waals surface area contributed by atoms with E-state index in [1.807, 2.05) is 6.07 Å². The first-order valence-electron chi connectivity index (χ1n) is 8.68. The molecular weight excluding hydrogens is 288 g/mol. The van der Waals surface area contributed by atoms with Gasteiger partial charge in [-0.15, -0.1) is 0 Å². The van der Waals surface area contributed by atoms with E-state index in [1.54, 1.807) is 7.11 Å². The highest BCUT2D eigenvalue weighted by atomic mass is 16.5. The van der Waals surface area contributed by atoms with E-state index >= 15 is 0 Å². The van der Waals surface area contributed by atoms with Crippen LogP contribution in [0.5, 0.6) is 5.75 Å². The first-order valence-corrected chi connectivity index (χ1v) is 8.68. The Kier molecular flexibility index (Phi) is 7.20. The molecular formula is C18H30N4O. The summed E-state index contributed by atoms with van der Waals surface area (Å²) in [5.41, 5.74) is 1.28. The second-order valence-electron chi connectivity index (χ2n) is 5.79. The molecule has 1 aliphatic heterocycles. The van der Waals surface area contributed by atoms with Crippen LogP contribution in [0.1, 0.15) is 38.3 Å².